The number of hydrogen-bond acceptors (Lipinski definition) is 3. The van der Waals surface area contributed by atoms with Crippen molar-refractivity contribution in [2.45, 2.75) is 6.11 Å². The van der Waals surface area contributed by atoms with Gasteiger partial charge in [0, 0.05) is 13.6 Å². The van der Waals surface area contributed by atoms with Crippen LogP contribution >= 0.6 is 0 Å². The first kappa shape index (κ1) is 10.2. The summed E-state index contributed by atoms with van der Waals surface area (Å²) in [6, 6.07) is 0. The maximum Gasteiger partial charge on any atom is 0.434 e. The second-order valence-electron chi connectivity index (χ2n) is 1.99. The number of aliphatic hydroxyl groups is 2. The quantitative estimate of drug-likeness (QED) is 0.571. The molecule has 0 aliphatic rings. The Morgan fingerprint density at radius 2 is 2.09 bits per heavy atom. The number of hydrogen-bond donors (Lipinski definition) is 2. The molecule has 0 saturated carbocycles. The Bertz CT molecular complexity index is 145. The van der Waals surface area contributed by atoms with Crippen LogP contribution in [-0.4, -0.2) is 47.3 Å². The minimum absolute atomic E-state index is 0.227. The van der Waals surface area contributed by atoms with E-state index in [-0.39, 0.29) is 6.54 Å². The summed E-state index contributed by atoms with van der Waals surface area (Å²) in [5.74, 6) is -1.72. The van der Waals surface area contributed by atoms with E-state index in [1.54, 1.807) is 0 Å². The molecule has 0 aromatic carbocycles. The zero-order chi connectivity index (χ0) is 9.07. The van der Waals surface area contributed by atoms with E-state index in [4.69, 9.17) is 10.2 Å². The number of carbonyl (C=O) groups is 1. The van der Waals surface area contributed by atoms with Gasteiger partial charge in [-0.15, -0.1) is 0 Å². The molecular formula is C5H9F2NO3. The van der Waals surface area contributed by atoms with Crippen molar-refractivity contribution in [2.24, 2.45) is 0 Å². The highest BCUT2D eigenvalue weighted by molar-refractivity contribution is 5.81. The first-order valence-corrected chi connectivity index (χ1v) is 2.86. The molecule has 0 radical (unpaired) electrons. The fraction of sp³-hybridized carbons (Fsp3) is 0.800. The van der Waals surface area contributed by atoms with Crippen LogP contribution in [0.2, 0.25) is 0 Å². The number of carbonyl (C=O) groups excluding carboxylic acids is 1. The molecule has 0 aliphatic carbocycles. The number of halogens is 2. The van der Waals surface area contributed by atoms with Crippen LogP contribution in [0.3, 0.4) is 0 Å². The lowest BCUT2D eigenvalue weighted by molar-refractivity contribution is -0.214. The topological polar surface area (TPSA) is 60.8 Å². The lowest BCUT2D eigenvalue weighted by Gasteiger charge is -2.17. The Morgan fingerprint density at radius 3 is 2.36 bits per heavy atom. The number of amides is 1. The van der Waals surface area contributed by atoms with Gasteiger partial charge in [-0.05, 0) is 0 Å². The average molecular weight is 169 g/mol. The SMILES string of the molecule is CN(CCO)C(=O)C(O)(F)F. The third-order valence-electron chi connectivity index (χ3n) is 1.04. The predicted octanol–water partition coefficient (Wildman–Crippen LogP) is -0.978. The molecule has 0 rings (SSSR count). The van der Waals surface area contributed by atoms with Crippen LogP contribution in [-0.2, 0) is 4.79 Å². The monoisotopic (exact) mass is 169 g/mol. The molecule has 4 nitrogen and oxygen atoms in total. The highest BCUT2D eigenvalue weighted by atomic mass is 19.3. The Kier molecular flexibility index (Phi) is 3.34. The largest absolute Gasteiger partial charge is 0.434 e. The highest BCUT2D eigenvalue weighted by Gasteiger charge is 2.38. The second-order valence-corrected chi connectivity index (χ2v) is 1.99. The lowest BCUT2D eigenvalue weighted by Crippen LogP contribution is -2.42. The summed E-state index contributed by atoms with van der Waals surface area (Å²) in [6.07, 6.45) is -4.34. The van der Waals surface area contributed by atoms with Gasteiger partial charge in [-0.2, -0.15) is 8.78 Å². The molecule has 0 unspecified atom stereocenters. The van der Waals surface area contributed by atoms with Crippen LogP contribution in [0.15, 0.2) is 0 Å². The van der Waals surface area contributed by atoms with Gasteiger partial charge < -0.3 is 15.1 Å². The van der Waals surface area contributed by atoms with Crippen molar-refractivity contribution >= 4 is 5.91 Å². The van der Waals surface area contributed by atoms with Crippen molar-refractivity contribution < 1.29 is 23.8 Å². The average Bonchev–Trinajstić information content (AvgIpc) is 1.85. The normalized spacial score (nSPS) is 11.4. The van der Waals surface area contributed by atoms with Gasteiger partial charge in [0.1, 0.15) is 0 Å². The van der Waals surface area contributed by atoms with E-state index >= 15 is 0 Å². The van der Waals surface area contributed by atoms with E-state index in [9.17, 15) is 13.6 Å². The highest BCUT2D eigenvalue weighted by Crippen LogP contribution is 2.10. The minimum atomic E-state index is -4.34. The van der Waals surface area contributed by atoms with Crippen molar-refractivity contribution in [2.75, 3.05) is 20.2 Å². The fourth-order valence-electron chi connectivity index (χ4n) is 0.481. The van der Waals surface area contributed by atoms with Gasteiger partial charge in [0.2, 0.25) is 0 Å². The maximum atomic E-state index is 11.8. The van der Waals surface area contributed by atoms with Crippen molar-refractivity contribution in [3.05, 3.63) is 0 Å². The van der Waals surface area contributed by atoms with Gasteiger partial charge in [-0.25, -0.2) is 0 Å². The molecule has 6 heteroatoms. The molecule has 0 fully saturated rings. The van der Waals surface area contributed by atoms with Crippen molar-refractivity contribution in [1.82, 2.24) is 4.90 Å². The summed E-state index contributed by atoms with van der Waals surface area (Å²) < 4.78 is 23.5. The zero-order valence-corrected chi connectivity index (χ0v) is 5.92. The van der Waals surface area contributed by atoms with Gasteiger partial charge in [0.15, 0.2) is 0 Å². The summed E-state index contributed by atoms with van der Waals surface area (Å²) in [7, 11) is 1.06. The molecule has 0 bridgehead atoms. The first-order valence-electron chi connectivity index (χ1n) is 2.86. The van der Waals surface area contributed by atoms with Gasteiger partial charge in [-0.3, -0.25) is 4.79 Å². The third-order valence-corrected chi connectivity index (χ3v) is 1.04. The molecule has 0 atom stereocenters. The molecule has 0 spiro atoms. The van der Waals surface area contributed by atoms with Crippen LogP contribution in [0.5, 0.6) is 0 Å². The number of alkyl halides is 2. The molecule has 0 aromatic heterocycles. The third kappa shape index (κ3) is 3.24. The summed E-state index contributed by atoms with van der Waals surface area (Å²) in [6.45, 7) is -0.646. The van der Waals surface area contributed by atoms with Crippen molar-refractivity contribution in [3.63, 3.8) is 0 Å². The summed E-state index contributed by atoms with van der Waals surface area (Å²) in [5.41, 5.74) is 0. The predicted molar refractivity (Wildman–Crippen MR) is 31.9 cm³/mol. The van der Waals surface area contributed by atoms with E-state index in [0.29, 0.717) is 4.90 Å². The molecule has 0 aromatic rings. The number of rotatable bonds is 3. The Morgan fingerprint density at radius 1 is 1.64 bits per heavy atom. The van der Waals surface area contributed by atoms with E-state index in [0.717, 1.165) is 7.05 Å². The molecule has 66 valence electrons. The van der Waals surface area contributed by atoms with Crippen LogP contribution in [0.1, 0.15) is 0 Å². The Labute approximate surface area is 62.0 Å². The fourth-order valence-corrected chi connectivity index (χ4v) is 0.481. The van der Waals surface area contributed by atoms with Gasteiger partial charge >= 0.3 is 12.0 Å². The Balaban J connectivity index is 4.03. The van der Waals surface area contributed by atoms with Crippen LogP contribution in [0.25, 0.3) is 0 Å². The van der Waals surface area contributed by atoms with E-state index < -0.39 is 18.6 Å². The van der Waals surface area contributed by atoms with E-state index in [1.807, 2.05) is 0 Å². The maximum absolute atomic E-state index is 11.8. The zero-order valence-electron chi connectivity index (χ0n) is 5.92. The summed E-state index contributed by atoms with van der Waals surface area (Å²) in [5, 5.41) is 16.1. The molecule has 0 aliphatic heterocycles. The number of nitrogens with zero attached hydrogens (tertiary/aromatic N) is 1. The molecular weight excluding hydrogens is 160 g/mol. The molecule has 0 saturated heterocycles. The number of aliphatic hydroxyl groups excluding tert-OH is 1. The van der Waals surface area contributed by atoms with Crippen LogP contribution in [0, 0.1) is 0 Å². The summed E-state index contributed by atoms with van der Waals surface area (Å²) in [4.78, 5) is 10.9. The second kappa shape index (κ2) is 3.59. The van der Waals surface area contributed by atoms with Crippen molar-refractivity contribution in [3.8, 4) is 0 Å². The number of likely N-dealkylation sites (N-methyl/N-ethyl adjacent to an activating group) is 1. The summed E-state index contributed by atoms with van der Waals surface area (Å²) >= 11 is 0. The molecule has 2 N–H and O–H groups in total. The van der Waals surface area contributed by atoms with Crippen LogP contribution < -0.4 is 0 Å². The van der Waals surface area contributed by atoms with E-state index in [1.165, 1.54) is 0 Å². The van der Waals surface area contributed by atoms with Crippen LogP contribution in [0.4, 0.5) is 8.78 Å². The molecule has 0 heterocycles. The van der Waals surface area contributed by atoms with E-state index in [2.05, 4.69) is 0 Å². The molecule has 11 heavy (non-hydrogen) atoms. The van der Waals surface area contributed by atoms with Crippen molar-refractivity contribution in [1.29, 1.82) is 0 Å². The first-order chi connectivity index (χ1) is 4.89. The Hall–Kier alpha value is -0.750. The standard InChI is InChI=1S/C5H9F2NO3/c1-8(2-3-9)4(10)5(6,7)11/h9,11H,2-3H2,1H3. The lowest BCUT2D eigenvalue weighted by atomic mass is 10.5. The minimum Gasteiger partial charge on any atom is -0.395 e. The smallest absolute Gasteiger partial charge is 0.395 e. The van der Waals surface area contributed by atoms with Gasteiger partial charge in [0.05, 0.1) is 6.61 Å². The molecule has 1 amide bonds. The van der Waals surface area contributed by atoms with Gasteiger partial charge in [0.25, 0.3) is 0 Å². The van der Waals surface area contributed by atoms with Gasteiger partial charge in [-0.1, -0.05) is 0 Å².